The molecule has 654 valence electrons. The molecule has 0 aliphatic carbocycles. The van der Waals surface area contributed by atoms with Crippen molar-refractivity contribution in [3.05, 3.63) is 211 Å². The number of amides is 5. The van der Waals surface area contributed by atoms with Crippen molar-refractivity contribution in [1.29, 1.82) is 0 Å². The fraction of sp³-hybridized carbons (Fsp3) is 0.302. The van der Waals surface area contributed by atoms with Crippen molar-refractivity contribution in [3.63, 3.8) is 0 Å². The maximum absolute atomic E-state index is 14.7. The number of benzene rings is 2. The predicted molar refractivity (Wildman–Crippen MR) is 506 cm³/mol. The standard InChI is InChI=1S/C23H21N5OS.C19H25N5O.C18H16F2N4OS.C18H18N4OS.C18H17N3OS/c1-4-6-15-9-17(14-26-12-15)21-18(16-7-5-8-25-13-16)10-19(30-21)23(2)11-20(29)28(3)22(24)27-23;1-4-6-14-9-16(12-21-11-14)24-8-5-7-15(13-24)19(2)10-17(25)23(3)18(20)22-19;1-4-5-10-6-11(9-22-8-10)12-7-13(26-15(12)20)18(2)14(19)16(25)24(3)17(21)23-18;1-4-6-12-7-5-8-13(9-12)16-20-11-14(24-16)18(2)10-15(23)22(3)17(19)21-18;1-3-5-12-6-4-7-13(8-12)14-9-16(23-11-14)15-10-17(22)21(2)18(19)20-15/h5,7-10,12-14H,11H2,1-3H3,(H2,24,27);9,11-12,15H,5,7-8,10,13H2,1-3H3,(H2,20,22);6-9,14H,1-3H3,(H2,21,23);5,7-9,11H,10H2,1-3H3,(H2,19,21);4,6-9,11,15H,10H2,1-2H3,(H2,19,20)/t23-;15?,19-;14-,18+;18-;15-/m00000/s1. The van der Waals surface area contributed by atoms with Gasteiger partial charge in [0.05, 0.1) is 54.0 Å². The Bertz CT molecular complexity index is 6450. The second-order valence-corrected chi connectivity index (χ2v) is 35.6. The Labute approximate surface area is 759 Å². The number of thiazole rings is 1. The number of halogens is 2. The Balaban J connectivity index is 0.000000146. The molecule has 7 atom stereocenters. The van der Waals surface area contributed by atoms with E-state index in [2.05, 4.69) is 157 Å². The Morgan fingerprint density at radius 1 is 0.469 bits per heavy atom. The zero-order valence-electron chi connectivity index (χ0n) is 73.4. The van der Waals surface area contributed by atoms with E-state index in [1.807, 2.05) is 108 Å². The van der Waals surface area contributed by atoms with Crippen LogP contribution in [0, 0.1) is 70.3 Å². The summed E-state index contributed by atoms with van der Waals surface area (Å²) in [5.74, 6) is 29.9. The van der Waals surface area contributed by atoms with Crippen molar-refractivity contribution in [3.8, 4) is 114 Å². The van der Waals surface area contributed by atoms with E-state index in [1.165, 1.54) is 57.2 Å². The van der Waals surface area contributed by atoms with Crippen LogP contribution in [0.4, 0.5) is 14.5 Å². The lowest BCUT2D eigenvalue weighted by Gasteiger charge is -2.44. The highest BCUT2D eigenvalue weighted by atomic mass is 32.1. The van der Waals surface area contributed by atoms with Crippen LogP contribution in [0.15, 0.2) is 183 Å². The van der Waals surface area contributed by atoms with E-state index in [0.29, 0.717) is 29.9 Å². The van der Waals surface area contributed by atoms with Crippen molar-refractivity contribution < 1.29 is 32.8 Å². The van der Waals surface area contributed by atoms with E-state index in [4.69, 9.17) is 28.7 Å². The molecule has 32 heteroatoms. The van der Waals surface area contributed by atoms with E-state index < -0.39 is 39.4 Å². The van der Waals surface area contributed by atoms with E-state index in [0.717, 1.165) is 128 Å². The molecule has 0 radical (unpaired) electrons. The summed E-state index contributed by atoms with van der Waals surface area (Å²) in [5.41, 5.74) is 38.4. The molecule has 0 saturated carbocycles. The number of thiophene rings is 3. The molecule has 0 spiro atoms. The molecule has 1 saturated heterocycles. The Kier molecular flexibility index (Phi) is 29.1. The zero-order valence-corrected chi connectivity index (χ0v) is 76.6. The molecule has 6 aliphatic heterocycles. The summed E-state index contributed by atoms with van der Waals surface area (Å²) in [6.07, 6.45) is 17.1. The van der Waals surface area contributed by atoms with Crippen LogP contribution in [-0.2, 0) is 40.6 Å². The number of alkyl halides is 1. The summed E-state index contributed by atoms with van der Waals surface area (Å²) in [4.78, 5) is 118. The normalized spacial score (nSPS) is 21.1. The van der Waals surface area contributed by atoms with Gasteiger partial charge in [-0.3, -0.25) is 68.4 Å². The van der Waals surface area contributed by atoms with E-state index >= 15 is 0 Å². The minimum Gasteiger partial charge on any atom is -0.370 e. The van der Waals surface area contributed by atoms with Crippen LogP contribution in [0.1, 0.15) is 154 Å². The maximum atomic E-state index is 14.7. The summed E-state index contributed by atoms with van der Waals surface area (Å²) in [5, 5.41) is 2.45. The quantitative estimate of drug-likeness (QED) is 0.0751. The third kappa shape index (κ3) is 21.0. The number of carbonyl (C=O) groups excluding carboxylic acids is 5. The van der Waals surface area contributed by atoms with Gasteiger partial charge in [-0.1, -0.05) is 59.9 Å². The molecule has 2 aromatic carbocycles. The molecule has 0 bridgehead atoms. The number of nitrogens with zero attached hydrogens (tertiary/aromatic N) is 16. The molecule has 10 N–H and O–H groups in total. The Morgan fingerprint density at radius 2 is 0.984 bits per heavy atom. The first-order valence-electron chi connectivity index (χ1n) is 40.7. The SMILES string of the molecule is CC#Cc1cccc(-c2csc([C@@H]3CC(=O)N(C)C(N)=N3)c2)c1.CC#Cc1cccc(-c2ncc([C@]3(C)CC(=O)N(C)C(N)=N3)s2)c1.CC#Cc1cncc(-c2cc([C@@]3(C)N=C(N)N(C)C(=O)[C@@H]3F)sc2F)c1.CC#Cc1cncc(-c2sc([C@]3(C)CC(=O)N(C)C(N)=N3)cc2-c2cccnc2)c1.CC#Cc1cncc(N2CCCC([C@]3(C)CC(=O)N(C)C(N)=N3)C2)c1. The van der Waals surface area contributed by atoms with Crippen molar-refractivity contribution >= 4 is 110 Å². The topological polar surface area (TPSA) is 361 Å². The number of guanidine groups is 5. The van der Waals surface area contributed by atoms with E-state index in [-0.39, 0.29) is 82.7 Å². The third-order valence-corrected chi connectivity index (χ3v) is 27.3. The molecule has 5 amide bonds. The first-order valence-corrected chi connectivity index (χ1v) is 44.0. The number of piperidine rings is 1. The largest absolute Gasteiger partial charge is 0.370 e. The second-order valence-electron chi connectivity index (χ2n) is 31.6. The molecular weight excluding hydrogens is 1690 g/mol. The van der Waals surface area contributed by atoms with Gasteiger partial charge in [-0.05, 0) is 158 Å². The van der Waals surface area contributed by atoms with Gasteiger partial charge in [-0.15, -0.1) is 74.9 Å². The maximum Gasteiger partial charge on any atom is 0.266 e. The number of aliphatic imine (C=N–C) groups is 5. The second kappa shape index (κ2) is 40.1. The number of rotatable bonds is 11. The molecule has 8 aromatic heterocycles. The molecule has 10 aromatic rings. The van der Waals surface area contributed by atoms with Gasteiger partial charge in [0.2, 0.25) is 29.8 Å². The number of carbonyl (C=O) groups is 5. The first-order chi connectivity index (χ1) is 61.1. The summed E-state index contributed by atoms with van der Waals surface area (Å²) < 4.78 is 29.3. The third-order valence-electron chi connectivity index (χ3n) is 22.3. The number of hydrogen-bond donors (Lipinski definition) is 5. The number of pyridine rings is 4. The average Bonchev–Trinajstić information content (AvgIpc) is 1.58. The van der Waals surface area contributed by atoms with Crippen LogP contribution in [-0.4, -0.2) is 169 Å². The summed E-state index contributed by atoms with van der Waals surface area (Å²) in [6.45, 7) is 18.1. The number of nitrogens with two attached hydrogens (primary N) is 5. The predicted octanol–water partition coefficient (Wildman–Crippen LogP) is 13.5. The van der Waals surface area contributed by atoms with Crippen LogP contribution in [0.2, 0.25) is 0 Å². The fourth-order valence-corrected chi connectivity index (χ4v) is 19.1. The van der Waals surface area contributed by atoms with Crippen LogP contribution in [0.3, 0.4) is 0 Å². The number of anilines is 1. The van der Waals surface area contributed by atoms with Crippen molar-refractivity contribution in [1.82, 2.24) is 49.4 Å². The van der Waals surface area contributed by atoms with Gasteiger partial charge in [0.1, 0.15) is 21.6 Å². The Morgan fingerprint density at radius 3 is 1.58 bits per heavy atom. The monoisotopic (exact) mass is 1790 g/mol. The minimum atomic E-state index is -1.96. The highest BCUT2D eigenvalue weighted by molar-refractivity contribution is 7.16. The van der Waals surface area contributed by atoms with Crippen LogP contribution < -0.4 is 33.6 Å². The summed E-state index contributed by atoms with van der Waals surface area (Å²) in [6, 6.07) is 31.3. The van der Waals surface area contributed by atoms with E-state index in [9.17, 15) is 32.8 Å². The molecule has 26 nitrogen and oxygen atoms in total. The zero-order chi connectivity index (χ0) is 92.1. The fourth-order valence-electron chi connectivity index (χ4n) is 14.9. The van der Waals surface area contributed by atoms with Crippen LogP contribution in [0.5, 0.6) is 0 Å². The minimum absolute atomic E-state index is 0.00216. The molecule has 128 heavy (non-hydrogen) atoms. The molecular formula is C96H97F2N21O5S4. The van der Waals surface area contributed by atoms with Gasteiger partial charge in [0.15, 0.2) is 34.9 Å². The smallest absolute Gasteiger partial charge is 0.266 e. The Hall–Kier alpha value is -14.1. The van der Waals surface area contributed by atoms with Gasteiger partial charge in [0.25, 0.3) is 5.91 Å². The van der Waals surface area contributed by atoms with Gasteiger partial charge in [-0.2, -0.15) is 4.39 Å². The lowest BCUT2D eigenvalue weighted by atomic mass is 9.77. The van der Waals surface area contributed by atoms with Crippen LogP contribution >= 0.6 is 45.3 Å². The van der Waals surface area contributed by atoms with Gasteiger partial charge >= 0.3 is 0 Å². The molecule has 1 fully saturated rings. The van der Waals surface area contributed by atoms with Gasteiger partial charge < -0.3 is 33.6 Å². The highest BCUT2D eigenvalue weighted by Crippen LogP contribution is 2.48. The van der Waals surface area contributed by atoms with Gasteiger partial charge in [0, 0.05) is 185 Å². The first kappa shape index (κ1) is 93.1. The molecule has 16 rings (SSSR count). The van der Waals surface area contributed by atoms with E-state index in [1.54, 1.807) is 102 Å². The summed E-state index contributed by atoms with van der Waals surface area (Å²) >= 11 is 5.47. The lowest BCUT2D eigenvalue weighted by molar-refractivity contribution is -0.135. The molecule has 14 heterocycles. The average molecular weight is 1790 g/mol. The number of aromatic nitrogens is 5. The lowest BCUT2D eigenvalue weighted by Crippen LogP contribution is -2.54. The van der Waals surface area contributed by atoms with Crippen molar-refractivity contribution in [2.45, 2.75) is 135 Å². The molecule has 6 aliphatic rings. The van der Waals surface area contributed by atoms with Crippen LogP contribution in [0.25, 0.3) is 54.4 Å². The highest BCUT2D eigenvalue weighted by Gasteiger charge is 2.49. The molecule has 1 unspecified atom stereocenters. The van der Waals surface area contributed by atoms with Crippen molar-refractivity contribution in [2.24, 2.45) is 59.5 Å². The van der Waals surface area contributed by atoms with Crippen molar-refractivity contribution in [2.75, 3.05) is 53.2 Å². The summed E-state index contributed by atoms with van der Waals surface area (Å²) in [7, 11) is 7.96. The van der Waals surface area contributed by atoms with Gasteiger partial charge in [-0.25, -0.2) is 34.3 Å². The number of hydrogen-bond acceptors (Lipinski definition) is 25.